The van der Waals surface area contributed by atoms with Gasteiger partial charge in [-0.25, -0.2) is 9.97 Å². The first-order chi connectivity index (χ1) is 8.56. The van der Waals surface area contributed by atoms with E-state index in [9.17, 15) is 4.79 Å². The quantitative estimate of drug-likeness (QED) is 0.861. The first-order valence-electron chi connectivity index (χ1n) is 4.80. The van der Waals surface area contributed by atoms with Crippen LogP contribution in [0.25, 0.3) is 0 Å². The number of carbonyl (C=O) groups is 1. The van der Waals surface area contributed by atoms with Crippen molar-refractivity contribution in [3.8, 4) is 0 Å². The molecule has 0 atom stereocenters. The van der Waals surface area contributed by atoms with Gasteiger partial charge in [-0.15, -0.1) is 0 Å². The number of halogens is 3. The lowest BCUT2D eigenvalue weighted by Crippen LogP contribution is -2.12. The van der Waals surface area contributed by atoms with Crippen molar-refractivity contribution in [3.63, 3.8) is 0 Å². The fourth-order valence-corrected chi connectivity index (χ4v) is 1.67. The van der Waals surface area contributed by atoms with Crippen molar-refractivity contribution in [2.75, 3.05) is 5.32 Å². The molecule has 18 heavy (non-hydrogen) atoms. The molecule has 0 bridgehead atoms. The Hall–Kier alpha value is -1.36. The van der Waals surface area contributed by atoms with E-state index in [0.717, 1.165) is 0 Å². The molecule has 0 aliphatic rings. The molecule has 0 aliphatic carbocycles. The minimum Gasteiger partial charge on any atom is -0.322 e. The second-order valence-corrected chi connectivity index (χ2v) is 4.47. The number of aromatic nitrogens is 2. The molecule has 1 amide bonds. The highest BCUT2D eigenvalue weighted by molar-refractivity contribution is 6.41. The molecular weight excluding hydrogens is 296 g/mol. The molecule has 2 aromatic heterocycles. The first kappa shape index (κ1) is 13.1. The van der Waals surface area contributed by atoms with Crippen molar-refractivity contribution in [1.82, 2.24) is 9.97 Å². The zero-order valence-electron chi connectivity index (χ0n) is 8.82. The maximum absolute atomic E-state index is 11.9. The number of carbonyl (C=O) groups excluding carboxylic acids is 1. The SMILES string of the molecule is O=C(Nc1ccnc(Cl)c1)c1cnc(Cl)c(Cl)c1. The highest BCUT2D eigenvalue weighted by Gasteiger charge is 2.09. The molecule has 0 spiro atoms. The third kappa shape index (κ3) is 3.10. The summed E-state index contributed by atoms with van der Waals surface area (Å²) in [5.74, 6) is -0.358. The standard InChI is InChI=1S/C11H6Cl3N3O/c12-8-3-6(5-16-10(8)14)11(18)17-7-1-2-15-9(13)4-7/h1-5H,(H,15,17,18). The van der Waals surface area contributed by atoms with Crippen LogP contribution in [0, 0.1) is 0 Å². The molecule has 2 heterocycles. The summed E-state index contributed by atoms with van der Waals surface area (Å²) in [5.41, 5.74) is 0.836. The van der Waals surface area contributed by atoms with Gasteiger partial charge in [-0.1, -0.05) is 34.8 Å². The van der Waals surface area contributed by atoms with E-state index in [-0.39, 0.29) is 16.1 Å². The Morgan fingerprint density at radius 2 is 1.94 bits per heavy atom. The average Bonchev–Trinajstić information content (AvgIpc) is 2.32. The number of amides is 1. The molecule has 1 N–H and O–H groups in total. The van der Waals surface area contributed by atoms with Crippen molar-refractivity contribution in [3.05, 3.63) is 51.5 Å². The Morgan fingerprint density at radius 3 is 2.61 bits per heavy atom. The van der Waals surface area contributed by atoms with Crippen molar-refractivity contribution in [2.45, 2.75) is 0 Å². The van der Waals surface area contributed by atoms with Gasteiger partial charge in [0.15, 0.2) is 0 Å². The van der Waals surface area contributed by atoms with Crippen LogP contribution < -0.4 is 5.32 Å². The average molecular weight is 303 g/mol. The van der Waals surface area contributed by atoms with Crippen molar-refractivity contribution >= 4 is 46.4 Å². The zero-order valence-corrected chi connectivity index (χ0v) is 11.1. The number of anilines is 1. The number of rotatable bonds is 2. The van der Waals surface area contributed by atoms with Gasteiger partial charge in [-0.05, 0) is 18.2 Å². The lowest BCUT2D eigenvalue weighted by molar-refractivity contribution is 0.102. The minimum absolute atomic E-state index is 0.153. The lowest BCUT2D eigenvalue weighted by Gasteiger charge is -2.05. The van der Waals surface area contributed by atoms with Crippen molar-refractivity contribution in [1.29, 1.82) is 0 Å². The molecule has 0 aromatic carbocycles. The summed E-state index contributed by atoms with van der Waals surface area (Å²) in [6.45, 7) is 0. The number of pyridine rings is 2. The molecule has 7 heteroatoms. The first-order valence-corrected chi connectivity index (χ1v) is 5.93. The number of nitrogens with zero attached hydrogens (tertiary/aromatic N) is 2. The number of nitrogens with one attached hydrogen (secondary N) is 1. The van der Waals surface area contributed by atoms with Gasteiger partial charge >= 0.3 is 0 Å². The predicted octanol–water partition coefficient (Wildman–Crippen LogP) is 3.69. The largest absolute Gasteiger partial charge is 0.322 e. The Kier molecular flexibility index (Phi) is 4.01. The molecule has 0 radical (unpaired) electrons. The maximum Gasteiger partial charge on any atom is 0.257 e. The second kappa shape index (κ2) is 5.52. The Labute approximate surface area is 118 Å². The van der Waals surface area contributed by atoms with Crippen LogP contribution in [0.3, 0.4) is 0 Å². The van der Waals surface area contributed by atoms with E-state index >= 15 is 0 Å². The topological polar surface area (TPSA) is 54.9 Å². The van der Waals surface area contributed by atoms with Gasteiger partial charge in [0, 0.05) is 18.1 Å². The third-order valence-electron chi connectivity index (χ3n) is 2.04. The summed E-state index contributed by atoms with van der Waals surface area (Å²) in [6, 6.07) is 4.59. The van der Waals surface area contributed by atoms with Crippen LogP contribution in [0.15, 0.2) is 30.6 Å². The fourth-order valence-electron chi connectivity index (χ4n) is 1.23. The van der Waals surface area contributed by atoms with Gasteiger partial charge in [-0.2, -0.15) is 0 Å². The van der Waals surface area contributed by atoms with Crippen LogP contribution in [0.4, 0.5) is 5.69 Å². The minimum atomic E-state index is -0.358. The van der Waals surface area contributed by atoms with Crippen LogP contribution in [-0.4, -0.2) is 15.9 Å². The van der Waals surface area contributed by atoms with E-state index in [2.05, 4.69) is 15.3 Å². The van der Waals surface area contributed by atoms with E-state index in [0.29, 0.717) is 16.4 Å². The molecule has 92 valence electrons. The zero-order chi connectivity index (χ0) is 13.1. The van der Waals surface area contributed by atoms with Crippen LogP contribution in [-0.2, 0) is 0 Å². The molecule has 4 nitrogen and oxygen atoms in total. The summed E-state index contributed by atoms with van der Waals surface area (Å²) < 4.78 is 0. The van der Waals surface area contributed by atoms with Crippen LogP contribution >= 0.6 is 34.8 Å². The van der Waals surface area contributed by atoms with Gasteiger partial charge in [0.2, 0.25) is 0 Å². The predicted molar refractivity (Wildman–Crippen MR) is 71.5 cm³/mol. The lowest BCUT2D eigenvalue weighted by atomic mass is 10.2. The van der Waals surface area contributed by atoms with E-state index in [1.807, 2.05) is 0 Å². The summed E-state index contributed by atoms with van der Waals surface area (Å²) >= 11 is 17.2. The Bertz CT molecular complexity index is 604. The van der Waals surface area contributed by atoms with E-state index in [1.165, 1.54) is 24.5 Å². The smallest absolute Gasteiger partial charge is 0.257 e. The van der Waals surface area contributed by atoms with Crippen LogP contribution in [0.1, 0.15) is 10.4 Å². The van der Waals surface area contributed by atoms with Crippen LogP contribution in [0.5, 0.6) is 0 Å². The molecule has 0 saturated heterocycles. The summed E-state index contributed by atoms with van der Waals surface area (Å²) in [4.78, 5) is 19.5. The molecular formula is C11H6Cl3N3O. The summed E-state index contributed by atoms with van der Waals surface area (Å²) in [5, 5.41) is 3.30. The van der Waals surface area contributed by atoms with Crippen molar-refractivity contribution < 1.29 is 4.79 Å². The van der Waals surface area contributed by atoms with Crippen LogP contribution in [0.2, 0.25) is 15.3 Å². The maximum atomic E-state index is 11.9. The Morgan fingerprint density at radius 1 is 1.17 bits per heavy atom. The molecule has 0 aliphatic heterocycles. The summed E-state index contributed by atoms with van der Waals surface area (Å²) in [6.07, 6.45) is 2.83. The molecule has 0 fully saturated rings. The Balaban J connectivity index is 2.19. The molecule has 2 rings (SSSR count). The van der Waals surface area contributed by atoms with Gasteiger partial charge in [0.1, 0.15) is 10.3 Å². The fraction of sp³-hybridized carbons (Fsp3) is 0. The molecule has 0 unspecified atom stereocenters. The van der Waals surface area contributed by atoms with E-state index < -0.39 is 0 Å². The molecule has 2 aromatic rings. The third-order valence-corrected chi connectivity index (χ3v) is 2.94. The van der Waals surface area contributed by atoms with Gasteiger partial charge in [-0.3, -0.25) is 4.79 Å². The highest BCUT2D eigenvalue weighted by Crippen LogP contribution is 2.20. The number of hydrogen-bond donors (Lipinski definition) is 1. The van der Waals surface area contributed by atoms with E-state index in [1.54, 1.807) is 6.07 Å². The van der Waals surface area contributed by atoms with Crippen molar-refractivity contribution in [2.24, 2.45) is 0 Å². The molecule has 0 saturated carbocycles. The number of hydrogen-bond acceptors (Lipinski definition) is 3. The van der Waals surface area contributed by atoms with Gasteiger partial charge < -0.3 is 5.32 Å². The van der Waals surface area contributed by atoms with Gasteiger partial charge in [0.05, 0.1) is 10.6 Å². The highest BCUT2D eigenvalue weighted by atomic mass is 35.5. The second-order valence-electron chi connectivity index (χ2n) is 3.32. The monoisotopic (exact) mass is 301 g/mol. The van der Waals surface area contributed by atoms with E-state index in [4.69, 9.17) is 34.8 Å². The van der Waals surface area contributed by atoms with Gasteiger partial charge in [0.25, 0.3) is 5.91 Å². The summed E-state index contributed by atoms with van der Waals surface area (Å²) in [7, 11) is 0. The normalized spacial score (nSPS) is 10.2.